The minimum atomic E-state index is 0.720. The second-order valence-corrected chi connectivity index (χ2v) is 5.33. The monoisotopic (exact) mass is 252 g/mol. The second-order valence-electron chi connectivity index (χ2n) is 4.90. The molecule has 1 aliphatic carbocycles. The molecule has 1 saturated carbocycles. The second kappa shape index (κ2) is 5.74. The minimum absolute atomic E-state index is 0.720. The Morgan fingerprint density at radius 1 is 1.41 bits per heavy atom. The fraction of sp³-hybridized carbons (Fsp3) is 0.571. The van der Waals surface area contributed by atoms with E-state index >= 15 is 0 Å². The number of hydrogen-bond acceptors (Lipinski definition) is 2. The number of unbranched alkanes of at least 4 members (excludes halogenated alkanes) is 1. The lowest BCUT2D eigenvalue weighted by atomic mass is 10.1. The molecule has 2 nitrogen and oxygen atoms in total. The van der Waals surface area contributed by atoms with Crippen molar-refractivity contribution in [2.24, 2.45) is 0 Å². The number of nitrogen functional groups attached to an aromatic ring is 1. The lowest BCUT2D eigenvalue weighted by molar-refractivity contribution is 0.251. The average molecular weight is 253 g/mol. The van der Waals surface area contributed by atoms with Crippen LogP contribution in [-0.2, 0) is 6.54 Å². The van der Waals surface area contributed by atoms with Crippen LogP contribution in [0.5, 0.6) is 0 Å². The van der Waals surface area contributed by atoms with E-state index < -0.39 is 0 Å². The summed E-state index contributed by atoms with van der Waals surface area (Å²) in [6.07, 6.45) is 5.21. The zero-order valence-corrected chi connectivity index (χ0v) is 11.2. The summed E-state index contributed by atoms with van der Waals surface area (Å²) in [7, 11) is 0. The fourth-order valence-electron chi connectivity index (χ4n) is 2.12. The van der Waals surface area contributed by atoms with Crippen LogP contribution >= 0.6 is 11.6 Å². The molecule has 0 aromatic heterocycles. The summed E-state index contributed by atoms with van der Waals surface area (Å²) in [5.41, 5.74) is 8.03. The first-order chi connectivity index (χ1) is 8.20. The van der Waals surface area contributed by atoms with Gasteiger partial charge < -0.3 is 5.73 Å². The number of nitrogens with zero attached hydrogens (tertiary/aromatic N) is 1. The summed E-state index contributed by atoms with van der Waals surface area (Å²) >= 11 is 5.92. The van der Waals surface area contributed by atoms with Gasteiger partial charge in [0.2, 0.25) is 0 Å². The maximum absolute atomic E-state index is 6.01. The molecule has 1 aliphatic rings. The van der Waals surface area contributed by atoms with Crippen LogP contribution < -0.4 is 5.73 Å². The maximum Gasteiger partial charge on any atom is 0.0426 e. The van der Waals surface area contributed by atoms with Crippen molar-refractivity contribution >= 4 is 17.3 Å². The molecule has 0 atom stereocenters. The fourth-order valence-corrected chi connectivity index (χ4v) is 2.30. The van der Waals surface area contributed by atoms with Crippen molar-refractivity contribution in [1.82, 2.24) is 4.90 Å². The Bertz CT molecular complexity index is 374. The predicted octanol–water partition coefficient (Wildman–Crippen LogP) is 3.69. The Morgan fingerprint density at radius 2 is 2.18 bits per heavy atom. The highest BCUT2D eigenvalue weighted by Crippen LogP contribution is 2.30. The van der Waals surface area contributed by atoms with Gasteiger partial charge in [-0.15, -0.1) is 0 Å². The van der Waals surface area contributed by atoms with Crippen LogP contribution in [0.15, 0.2) is 18.2 Å². The van der Waals surface area contributed by atoms with Gasteiger partial charge in [0.25, 0.3) is 0 Å². The van der Waals surface area contributed by atoms with Crippen LogP contribution in [0.2, 0.25) is 5.02 Å². The van der Waals surface area contributed by atoms with Gasteiger partial charge in [0, 0.05) is 23.3 Å². The number of halogens is 1. The maximum atomic E-state index is 6.01. The molecule has 0 aliphatic heterocycles. The van der Waals surface area contributed by atoms with Crippen LogP contribution in [0.4, 0.5) is 5.69 Å². The summed E-state index contributed by atoms with van der Waals surface area (Å²) in [5.74, 6) is 0. The molecule has 0 unspecified atom stereocenters. The third-order valence-corrected chi connectivity index (χ3v) is 3.58. The van der Waals surface area contributed by atoms with Gasteiger partial charge in [-0.25, -0.2) is 0 Å². The molecular weight excluding hydrogens is 232 g/mol. The van der Waals surface area contributed by atoms with Crippen LogP contribution in [-0.4, -0.2) is 17.5 Å². The van der Waals surface area contributed by atoms with Crippen LogP contribution in [0.3, 0.4) is 0 Å². The number of rotatable bonds is 6. The molecule has 0 bridgehead atoms. The Balaban J connectivity index is 2.00. The van der Waals surface area contributed by atoms with E-state index in [4.69, 9.17) is 17.3 Å². The van der Waals surface area contributed by atoms with Crippen molar-refractivity contribution in [1.29, 1.82) is 0 Å². The number of nitrogens with two attached hydrogens (primary N) is 1. The topological polar surface area (TPSA) is 29.3 Å². The highest BCUT2D eigenvalue weighted by molar-refractivity contribution is 6.30. The van der Waals surface area contributed by atoms with Crippen molar-refractivity contribution in [3.05, 3.63) is 28.8 Å². The zero-order valence-electron chi connectivity index (χ0n) is 10.5. The molecule has 2 N–H and O–H groups in total. The van der Waals surface area contributed by atoms with E-state index in [1.807, 2.05) is 12.1 Å². The lowest BCUT2D eigenvalue weighted by Crippen LogP contribution is -2.27. The van der Waals surface area contributed by atoms with E-state index in [0.717, 1.165) is 23.3 Å². The minimum Gasteiger partial charge on any atom is -0.398 e. The molecule has 1 aromatic rings. The summed E-state index contributed by atoms with van der Waals surface area (Å²) in [5, 5.41) is 0.720. The third kappa shape index (κ3) is 3.62. The number of hydrogen-bond donors (Lipinski definition) is 1. The van der Waals surface area contributed by atoms with Gasteiger partial charge in [-0.05, 0) is 43.5 Å². The van der Waals surface area contributed by atoms with E-state index in [2.05, 4.69) is 17.9 Å². The SMILES string of the molecule is CCCCN(Cc1ccc(Cl)cc1N)C1CC1. The smallest absolute Gasteiger partial charge is 0.0426 e. The first-order valence-electron chi connectivity index (χ1n) is 6.48. The van der Waals surface area contributed by atoms with E-state index in [1.54, 1.807) is 0 Å². The summed E-state index contributed by atoms with van der Waals surface area (Å²) in [6.45, 7) is 4.39. The van der Waals surface area contributed by atoms with Crippen molar-refractivity contribution in [3.63, 3.8) is 0 Å². The van der Waals surface area contributed by atoms with Crippen molar-refractivity contribution in [3.8, 4) is 0 Å². The normalized spacial score (nSPS) is 15.5. The molecular formula is C14H21ClN2. The van der Waals surface area contributed by atoms with E-state index in [9.17, 15) is 0 Å². The Morgan fingerprint density at radius 3 is 2.76 bits per heavy atom. The Kier molecular flexibility index (Phi) is 4.30. The van der Waals surface area contributed by atoms with Crippen molar-refractivity contribution in [2.45, 2.75) is 45.2 Å². The van der Waals surface area contributed by atoms with Gasteiger partial charge in [0.05, 0.1) is 0 Å². The van der Waals surface area contributed by atoms with Crippen LogP contribution in [0.1, 0.15) is 38.2 Å². The van der Waals surface area contributed by atoms with Gasteiger partial charge in [0.1, 0.15) is 0 Å². The highest BCUT2D eigenvalue weighted by Gasteiger charge is 2.28. The van der Waals surface area contributed by atoms with E-state index in [1.165, 1.54) is 37.8 Å². The first-order valence-corrected chi connectivity index (χ1v) is 6.86. The first kappa shape index (κ1) is 12.7. The third-order valence-electron chi connectivity index (χ3n) is 3.34. The van der Waals surface area contributed by atoms with Gasteiger partial charge in [0.15, 0.2) is 0 Å². The summed E-state index contributed by atoms with van der Waals surface area (Å²) in [4.78, 5) is 2.56. The lowest BCUT2D eigenvalue weighted by Gasteiger charge is -2.22. The molecule has 0 amide bonds. The molecule has 94 valence electrons. The van der Waals surface area contributed by atoms with Crippen LogP contribution in [0.25, 0.3) is 0 Å². The van der Waals surface area contributed by atoms with Gasteiger partial charge in [-0.1, -0.05) is 31.0 Å². The van der Waals surface area contributed by atoms with Gasteiger partial charge in [-0.2, -0.15) is 0 Å². The van der Waals surface area contributed by atoms with Gasteiger partial charge in [-0.3, -0.25) is 4.90 Å². The molecule has 0 radical (unpaired) electrons. The quantitative estimate of drug-likeness (QED) is 0.783. The molecule has 0 saturated heterocycles. The van der Waals surface area contributed by atoms with Gasteiger partial charge >= 0.3 is 0 Å². The molecule has 3 heteroatoms. The predicted molar refractivity (Wildman–Crippen MR) is 74.2 cm³/mol. The highest BCUT2D eigenvalue weighted by atomic mass is 35.5. The average Bonchev–Trinajstić information content (AvgIpc) is 3.11. The van der Waals surface area contributed by atoms with Crippen LogP contribution in [0, 0.1) is 0 Å². The van der Waals surface area contributed by atoms with Crippen molar-refractivity contribution < 1.29 is 0 Å². The summed E-state index contributed by atoms with van der Waals surface area (Å²) < 4.78 is 0. The zero-order chi connectivity index (χ0) is 12.3. The molecule has 17 heavy (non-hydrogen) atoms. The molecule has 1 aromatic carbocycles. The van der Waals surface area contributed by atoms with E-state index in [-0.39, 0.29) is 0 Å². The largest absolute Gasteiger partial charge is 0.398 e. The number of anilines is 1. The Hall–Kier alpha value is -0.730. The summed E-state index contributed by atoms with van der Waals surface area (Å²) in [6, 6.07) is 6.62. The molecule has 0 spiro atoms. The van der Waals surface area contributed by atoms with Crippen molar-refractivity contribution in [2.75, 3.05) is 12.3 Å². The van der Waals surface area contributed by atoms with E-state index in [0.29, 0.717) is 0 Å². The molecule has 2 rings (SSSR count). The molecule has 0 heterocycles. The number of benzene rings is 1. The Labute approximate surface area is 109 Å². The standard InChI is InChI=1S/C14H21ClN2/c1-2-3-8-17(13-6-7-13)10-11-4-5-12(15)9-14(11)16/h4-5,9,13H,2-3,6-8,10,16H2,1H3. The molecule has 1 fully saturated rings.